The zero-order valence-electron chi connectivity index (χ0n) is 7.18. The predicted molar refractivity (Wildman–Crippen MR) is 48.7 cm³/mol. The molecule has 1 heterocycles. The van der Waals surface area contributed by atoms with E-state index in [2.05, 4.69) is 20.9 Å². The molecule has 0 aromatic carbocycles. The van der Waals surface area contributed by atoms with Gasteiger partial charge in [0.05, 0.1) is 17.5 Å². The highest BCUT2D eigenvalue weighted by molar-refractivity contribution is 9.08. The van der Waals surface area contributed by atoms with Crippen LogP contribution in [0.3, 0.4) is 0 Å². The Labute approximate surface area is 91.1 Å². The van der Waals surface area contributed by atoms with E-state index in [-0.39, 0.29) is 11.0 Å². The molecule has 0 fully saturated rings. The second-order valence-corrected chi connectivity index (χ2v) is 3.14. The third-order valence-electron chi connectivity index (χ3n) is 1.71. The molecule has 0 radical (unpaired) electrons. The van der Waals surface area contributed by atoms with Gasteiger partial charge in [0.1, 0.15) is 5.56 Å². The zero-order chi connectivity index (χ0) is 11.6. The van der Waals surface area contributed by atoms with Crippen LogP contribution in [0.1, 0.15) is 28.0 Å². The minimum atomic E-state index is -3.08. The summed E-state index contributed by atoms with van der Waals surface area (Å²) < 4.78 is 38.0. The van der Waals surface area contributed by atoms with Crippen molar-refractivity contribution < 1.29 is 23.1 Å². The Morgan fingerprint density at radius 2 is 2.20 bits per heavy atom. The van der Waals surface area contributed by atoms with Crippen LogP contribution in [0.15, 0.2) is 6.20 Å². The maximum Gasteiger partial charge on any atom is 0.339 e. The second-order valence-electron chi connectivity index (χ2n) is 2.58. The van der Waals surface area contributed by atoms with Gasteiger partial charge in [-0.2, -0.15) is 0 Å². The van der Waals surface area contributed by atoms with Crippen LogP contribution in [-0.4, -0.2) is 16.1 Å². The first kappa shape index (κ1) is 12.0. The van der Waals surface area contributed by atoms with E-state index in [0.717, 1.165) is 0 Å². The van der Waals surface area contributed by atoms with Crippen LogP contribution in [0.2, 0.25) is 0 Å². The molecule has 82 valence electrons. The molecule has 1 N–H and O–H groups in total. The fourth-order valence-corrected chi connectivity index (χ4v) is 1.55. The normalized spacial score (nSPS) is 10.7. The number of nitrogens with zero attached hydrogens (tertiary/aromatic N) is 1. The molecular formula is C8H5BrF3NO2. The number of aromatic nitrogens is 1. The average molecular weight is 284 g/mol. The van der Waals surface area contributed by atoms with Crippen LogP contribution in [0.25, 0.3) is 0 Å². The molecule has 0 aliphatic rings. The summed E-state index contributed by atoms with van der Waals surface area (Å²) in [5.41, 5.74) is -2.07. The highest BCUT2D eigenvalue weighted by Gasteiger charge is 2.26. The highest BCUT2D eigenvalue weighted by Crippen LogP contribution is 2.28. The second kappa shape index (κ2) is 4.61. The van der Waals surface area contributed by atoms with Gasteiger partial charge in [-0.05, 0) is 0 Å². The lowest BCUT2D eigenvalue weighted by Gasteiger charge is -2.09. The van der Waals surface area contributed by atoms with Gasteiger partial charge in [0.15, 0.2) is 5.82 Å². The van der Waals surface area contributed by atoms with E-state index >= 15 is 0 Å². The Bertz CT molecular complexity index is 398. The van der Waals surface area contributed by atoms with Crippen molar-refractivity contribution >= 4 is 21.9 Å². The molecule has 1 aromatic rings. The number of halogens is 4. The van der Waals surface area contributed by atoms with Crippen LogP contribution in [0, 0.1) is 5.82 Å². The van der Waals surface area contributed by atoms with Crippen molar-refractivity contribution in [2.45, 2.75) is 11.8 Å². The number of aromatic carboxylic acids is 1. The first-order valence-electron chi connectivity index (χ1n) is 3.73. The van der Waals surface area contributed by atoms with E-state index in [4.69, 9.17) is 5.11 Å². The van der Waals surface area contributed by atoms with Gasteiger partial charge in [0.25, 0.3) is 6.43 Å². The number of carboxylic acid groups (broad SMARTS) is 1. The third-order valence-corrected chi connectivity index (χ3v) is 2.24. The van der Waals surface area contributed by atoms with Gasteiger partial charge < -0.3 is 5.11 Å². The quantitative estimate of drug-likeness (QED) is 0.868. The summed E-state index contributed by atoms with van der Waals surface area (Å²) in [4.78, 5) is 14.0. The molecule has 0 saturated heterocycles. The van der Waals surface area contributed by atoms with Gasteiger partial charge >= 0.3 is 5.97 Å². The molecule has 0 saturated carbocycles. The van der Waals surface area contributed by atoms with Gasteiger partial charge in [0.2, 0.25) is 0 Å². The number of carbonyl (C=O) groups is 1. The van der Waals surface area contributed by atoms with Crippen LogP contribution in [0.4, 0.5) is 13.2 Å². The van der Waals surface area contributed by atoms with E-state index < -0.39 is 29.3 Å². The number of carboxylic acids is 1. The van der Waals surface area contributed by atoms with Crippen LogP contribution in [-0.2, 0) is 5.33 Å². The Hall–Kier alpha value is -1.11. The van der Waals surface area contributed by atoms with E-state index in [1.54, 1.807) is 0 Å². The smallest absolute Gasteiger partial charge is 0.339 e. The van der Waals surface area contributed by atoms with Crippen LogP contribution < -0.4 is 0 Å². The summed E-state index contributed by atoms with van der Waals surface area (Å²) in [5.74, 6) is -2.99. The fraction of sp³-hybridized carbons (Fsp3) is 0.250. The Kier molecular flexibility index (Phi) is 3.67. The van der Waals surface area contributed by atoms with Crippen LogP contribution in [0.5, 0.6) is 0 Å². The number of alkyl halides is 3. The highest BCUT2D eigenvalue weighted by atomic mass is 79.9. The van der Waals surface area contributed by atoms with E-state index in [1.807, 2.05) is 0 Å². The molecule has 0 bridgehead atoms. The fourth-order valence-electron chi connectivity index (χ4n) is 1.10. The molecule has 1 aromatic heterocycles. The lowest BCUT2D eigenvalue weighted by Crippen LogP contribution is -2.10. The SMILES string of the molecule is O=C(O)c1c(F)cnc(CBr)c1C(F)F. The van der Waals surface area contributed by atoms with Crippen molar-refractivity contribution in [2.24, 2.45) is 0 Å². The Morgan fingerprint density at radius 3 is 2.60 bits per heavy atom. The summed E-state index contributed by atoms with van der Waals surface area (Å²) >= 11 is 2.87. The summed E-state index contributed by atoms with van der Waals surface area (Å²) in [6, 6.07) is 0. The van der Waals surface area contributed by atoms with Gasteiger partial charge in [-0.3, -0.25) is 4.98 Å². The maximum absolute atomic E-state index is 13.0. The molecule has 0 aliphatic heterocycles. The molecule has 0 unspecified atom stereocenters. The molecule has 0 amide bonds. The van der Waals surface area contributed by atoms with E-state index in [1.165, 1.54) is 0 Å². The van der Waals surface area contributed by atoms with E-state index in [0.29, 0.717) is 6.20 Å². The van der Waals surface area contributed by atoms with Crippen LogP contribution >= 0.6 is 15.9 Å². The third kappa shape index (κ3) is 2.28. The lowest BCUT2D eigenvalue weighted by atomic mass is 10.1. The molecule has 0 atom stereocenters. The van der Waals surface area contributed by atoms with Gasteiger partial charge in [-0.25, -0.2) is 18.0 Å². The van der Waals surface area contributed by atoms with Crippen molar-refractivity contribution in [3.8, 4) is 0 Å². The number of hydrogen-bond acceptors (Lipinski definition) is 2. The summed E-state index contributed by atoms with van der Waals surface area (Å²) in [5, 5.41) is 8.54. The summed E-state index contributed by atoms with van der Waals surface area (Å²) in [6.07, 6.45) is -2.46. The molecule has 0 spiro atoms. The van der Waals surface area contributed by atoms with Crippen molar-refractivity contribution in [1.29, 1.82) is 0 Å². The molecule has 1 rings (SSSR count). The van der Waals surface area contributed by atoms with Gasteiger partial charge in [0, 0.05) is 5.33 Å². The largest absolute Gasteiger partial charge is 0.478 e. The lowest BCUT2D eigenvalue weighted by molar-refractivity contribution is 0.0677. The standard InChI is InChI=1S/C8H5BrF3NO2/c9-1-4-6(7(11)12)5(8(14)15)3(10)2-13-4/h2,7H,1H2,(H,14,15). The average Bonchev–Trinajstić information content (AvgIpc) is 2.16. The minimum absolute atomic E-state index is 0.0623. The molecule has 3 nitrogen and oxygen atoms in total. The minimum Gasteiger partial charge on any atom is -0.478 e. The number of hydrogen-bond donors (Lipinski definition) is 1. The molecule has 0 aliphatic carbocycles. The van der Waals surface area contributed by atoms with Crippen molar-refractivity contribution in [2.75, 3.05) is 0 Å². The van der Waals surface area contributed by atoms with Gasteiger partial charge in [-0.1, -0.05) is 15.9 Å². The van der Waals surface area contributed by atoms with E-state index in [9.17, 15) is 18.0 Å². The monoisotopic (exact) mass is 283 g/mol. The van der Waals surface area contributed by atoms with Gasteiger partial charge in [-0.15, -0.1) is 0 Å². The number of rotatable bonds is 3. The molecule has 7 heteroatoms. The topological polar surface area (TPSA) is 50.2 Å². The number of pyridine rings is 1. The van der Waals surface area contributed by atoms with Crippen molar-refractivity contribution in [3.63, 3.8) is 0 Å². The Balaban J connectivity index is 3.51. The summed E-state index contributed by atoms with van der Waals surface area (Å²) in [6.45, 7) is 0. The predicted octanol–water partition coefficient (Wildman–Crippen LogP) is 2.75. The van der Waals surface area contributed by atoms with Crippen molar-refractivity contribution in [3.05, 3.63) is 28.8 Å². The molecule has 15 heavy (non-hydrogen) atoms. The summed E-state index contributed by atoms with van der Waals surface area (Å²) in [7, 11) is 0. The van der Waals surface area contributed by atoms with Crippen molar-refractivity contribution in [1.82, 2.24) is 4.98 Å². The first-order chi connectivity index (χ1) is 6.99. The first-order valence-corrected chi connectivity index (χ1v) is 4.85. The Morgan fingerprint density at radius 1 is 1.60 bits per heavy atom. The molecular weight excluding hydrogens is 279 g/mol. The zero-order valence-corrected chi connectivity index (χ0v) is 8.76. The maximum atomic E-state index is 13.0.